The molecule has 0 aliphatic heterocycles. The van der Waals surface area contributed by atoms with Crippen molar-refractivity contribution in [1.29, 1.82) is 0 Å². The first-order chi connectivity index (χ1) is 10.6. The van der Waals surface area contributed by atoms with E-state index in [-0.39, 0.29) is 12.4 Å². The van der Waals surface area contributed by atoms with Crippen LogP contribution in [0.15, 0.2) is 48.5 Å². The topological polar surface area (TPSA) is 61.8 Å². The van der Waals surface area contributed by atoms with Crippen LogP contribution in [0.25, 0.3) is 0 Å². The van der Waals surface area contributed by atoms with Crippen molar-refractivity contribution in [2.45, 2.75) is 6.92 Å². The number of methoxy groups -OCH3 is 1. The molecule has 5 nitrogen and oxygen atoms in total. The third kappa shape index (κ3) is 4.09. The standard InChI is InChI=1S/C17H16O5/c1-12(18)22-14-9-7-13(8-10-14)15(19)11-21-17-6-4-3-5-16(17)20-2/h3-10H,11H2,1-2H3. The molecule has 5 heteroatoms. The summed E-state index contributed by atoms with van der Waals surface area (Å²) in [6, 6.07) is 13.4. The molecule has 0 amide bonds. The summed E-state index contributed by atoms with van der Waals surface area (Å²) < 4.78 is 15.5. The highest BCUT2D eigenvalue weighted by Gasteiger charge is 2.10. The average molecular weight is 300 g/mol. The molecule has 0 atom stereocenters. The average Bonchev–Trinajstić information content (AvgIpc) is 2.53. The number of ketones is 1. The lowest BCUT2D eigenvalue weighted by Crippen LogP contribution is -2.12. The molecule has 0 aliphatic rings. The lowest BCUT2D eigenvalue weighted by Gasteiger charge is -2.09. The van der Waals surface area contributed by atoms with Crippen LogP contribution < -0.4 is 14.2 Å². The number of rotatable bonds is 6. The molecular formula is C17H16O5. The molecule has 2 rings (SSSR count). The van der Waals surface area contributed by atoms with Crippen LogP contribution in [0.1, 0.15) is 17.3 Å². The van der Waals surface area contributed by atoms with E-state index in [9.17, 15) is 9.59 Å². The van der Waals surface area contributed by atoms with E-state index in [2.05, 4.69) is 0 Å². The van der Waals surface area contributed by atoms with Crippen LogP contribution in [0.3, 0.4) is 0 Å². The van der Waals surface area contributed by atoms with Crippen molar-refractivity contribution < 1.29 is 23.8 Å². The van der Waals surface area contributed by atoms with Gasteiger partial charge in [0.15, 0.2) is 23.9 Å². The molecule has 0 aromatic heterocycles. The van der Waals surface area contributed by atoms with E-state index < -0.39 is 5.97 Å². The van der Waals surface area contributed by atoms with Crippen LogP contribution in [-0.2, 0) is 4.79 Å². The molecule has 0 saturated heterocycles. The number of carbonyl (C=O) groups is 2. The fourth-order valence-corrected chi connectivity index (χ4v) is 1.84. The molecule has 0 heterocycles. The van der Waals surface area contributed by atoms with Gasteiger partial charge in [-0.3, -0.25) is 9.59 Å². The Morgan fingerprint density at radius 1 is 0.955 bits per heavy atom. The largest absolute Gasteiger partial charge is 0.493 e. The van der Waals surface area contributed by atoms with Gasteiger partial charge in [0.2, 0.25) is 0 Å². The highest BCUT2D eigenvalue weighted by atomic mass is 16.5. The second kappa shape index (κ2) is 7.26. The Bertz CT molecular complexity index is 661. The number of carbonyl (C=O) groups excluding carboxylic acids is 2. The molecule has 0 unspecified atom stereocenters. The van der Waals surface area contributed by atoms with Crippen molar-refractivity contribution in [3.63, 3.8) is 0 Å². The normalized spacial score (nSPS) is 9.91. The van der Waals surface area contributed by atoms with Crippen molar-refractivity contribution in [3.8, 4) is 17.2 Å². The maximum absolute atomic E-state index is 12.1. The molecule has 0 spiro atoms. The Morgan fingerprint density at radius 3 is 2.18 bits per heavy atom. The summed E-state index contributed by atoms with van der Waals surface area (Å²) in [6.45, 7) is 1.22. The molecule has 2 aromatic rings. The summed E-state index contributed by atoms with van der Waals surface area (Å²) in [5, 5.41) is 0. The number of Topliss-reactive ketones (excluding diaryl/α,β-unsaturated/α-hetero) is 1. The second-order valence-electron chi connectivity index (χ2n) is 4.48. The molecule has 0 radical (unpaired) electrons. The van der Waals surface area contributed by atoms with Crippen LogP contribution in [0.5, 0.6) is 17.2 Å². The van der Waals surface area contributed by atoms with Crippen LogP contribution in [-0.4, -0.2) is 25.5 Å². The molecule has 0 N–H and O–H groups in total. The van der Waals surface area contributed by atoms with E-state index in [1.54, 1.807) is 42.5 Å². The van der Waals surface area contributed by atoms with Crippen molar-refractivity contribution in [2.24, 2.45) is 0 Å². The Labute approximate surface area is 128 Å². The zero-order chi connectivity index (χ0) is 15.9. The van der Waals surface area contributed by atoms with Crippen molar-refractivity contribution in [2.75, 3.05) is 13.7 Å². The number of benzene rings is 2. The number of hydrogen-bond acceptors (Lipinski definition) is 5. The third-order valence-corrected chi connectivity index (χ3v) is 2.87. The minimum Gasteiger partial charge on any atom is -0.493 e. The van der Waals surface area contributed by atoms with Gasteiger partial charge in [-0.25, -0.2) is 0 Å². The Kier molecular flexibility index (Phi) is 5.14. The van der Waals surface area contributed by atoms with Crippen LogP contribution in [0.4, 0.5) is 0 Å². The van der Waals surface area contributed by atoms with Gasteiger partial charge < -0.3 is 14.2 Å². The smallest absolute Gasteiger partial charge is 0.308 e. The molecular weight excluding hydrogens is 284 g/mol. The van der Waals surface area contributed by atoms with Crippen molar-refractivity contribution in [1.82, 2.24) is 0 Å². The van der Waals surface area contributed by atoms with Gasteiger partial charge in [0, 0.05) is 12.5 Å². The van der Waals surface area contributed by atoms with Crippen molar-refractivity contribution in [3.05, 3.63) is 54.1 Å². The summed E-state index contributed by atoms with van der Waals surface area (Å²) >= 11 is 0. The maximum Gasteiger partial charge on any atom is 0.308 e. The first-order valence-electron chi connectivity index (χ1n) is 6.67. The third-order valence-electron chi connectivity index (χ3n) is 2.87. The fourth-order valence-electron chi connectivity index (χ4n) is 1.84. The number of ether oxygens (including phenoxy) is 3. The van der Waals surface area contributed by atoms with Gasteiger partial charge in [0.05, 0.1) is 7.11 Å². The summed E-state index contributed by atoms with van der Waals surface area (Å²) in [5.41, 5.74) is 0.478. The number of para-hydroxylation sites is 2. The highest BCUT2D eigenvalue weighted by Crippen LogP contribution is 2.25. The number of esters is 1. The Morgan fingerprint density at radius 2 is 1.59 bits per heavy atom. The summed E-state index contributed by atoms with van der Waals surface area (Å²) in [6.07, 6.45) is 0. The second-order valence-corrected chi connectivity index (χ2v) is 4.48. The molecule has 0 aliphatic carbocycles. The monoisotopic (exact) mass is 300 g/mol. The SMILES string of the molecule is COc1ccccc1OCC(=O)c1ccc(OC(C)=O)cc1. The maximum atomic E-state index is 12.1. The summed E-state index contributed by atoms with van der Waals surface area (Å²) in [5.74, 6) is 0.893. The molecule has 0 saturated carbocycles. The molecule has 22 heavy (non-hydrogen) atoms. The van der Waals surface area contributed by atoms with Gasteiger partial charge in [-0.05, 0) is 36.4 Å². The predicted octanol–water partition coefficient (Wildman–Crippen LogP) is 2.88. The van der Waals surface area contributed by atoms with Gasteiger partial charge in [0.1, 0.15) is 5.75 Å². The van der Waals surface area contributed by atoms with Gasteiger partial charge >= 0.3 is 5.97 Å². The van der Waals surface area contributed by atoms with Gasteiger partial charge in [-0.1, -0.05) is 12.1 Å². The molecule has 114 valence electrons. The number of hydrogen-bond donors (Lipinski definition) is 0. The zero-order valence-corrected chi connectivity index (χ0v) is 12.4. The summed E-state index contributed by atoms with van der Waals surface area (Å²) in [4.78, 5) is 22.9. The predicted molar refractivity (Wildman–Crippen MR) is 80.6 cm³/mol. The Hall–Kier alpha value is -2.82. The fraction of sp³-hybridized carbons (Fsp3) is 0.176. The van der Waals surface area contributed by atoms with E-state index in [1.165, 1.54) is 14.0 Å². The van der Waals surface area contributed by atoms with Crippen LogP contribution >= 0.6 is 0 Å². The highest BCUT2D eigenvalue weighted by molar-refractivity contribution is 5.97. The van der Waals surface area contributed by atoms with E-state index >= 15 is 0 Å². The van der Waals surface area contributed by atoms with Crippen molar-refractivity contribution >= 4 is 11.8 Å². The molecule has 0 fully saturated rings. The van der Waals surface area contributed by atoms with Gasteiger partial charge in [-0.2, -0.15) is 0 Å². The zero-order valence-electron chi connectivity index (χ0n) is 12.4. The molecule has 0 bridgehead atoms. The van der Waals surface area contributed by atoms with Crippen LogP contribution in [0, 0.1) is 0 Å². The van der Waals surface area contributed by atoms with Gasteiger partial charge in [-0.15, -0.1) is 0 Å². The lowest BCUT2D eigenvalue weighted by atomic mass is 10.1. The van der Waals surface area contributed by atoms with E-state index in [0.29, 0.717) is 22.8 Å². The quantitative estimate of drug-likeness (QED) is 0.466. The van der Waals surface area contributed by atoms with E-state index in [1.807, 2.05) is 6.07 Å². The molecule has 2 aromatic carbocycles. The first kappa shape index (κ1) is 15.6. The summed E-state index contributed by atoms with van der Waals surface area (Å²) in [7, 11) is 1.54. The Balaban J connectivity index is 1.98. The minimum atomic E-state index is -0.404. The van der Waals surface area contributed by atoms with E-state index in [0.717, 1.165) is 0 Å². The first-order valence-corrected chi connectivity index (χ1v) is 6.67. The van der Waals surface area contributed by atoms with E-state index in [4.69, 9.17) is 14.2 Å². The van der Waals surface area contributed by atoms with Crippen LogP contribution in [0.2, 0.25) is 0 Å². The minimum absolute atomic E-state index is 0.104. The van der Waals surface area contributed by atoms with Gasteiger partial charge in [0.25, 0.3) is 0 Å². The lowest BCUT2D eigenvalue weighted by molar-refractivity contribution is -0.131.